The third-order valence-corrected chi connectivity index (χ3v) is 3.40. The molecule has 3 nitrogen and oxygen atoms in total. The van der Waals surface area contributed by atoms with E-state index in [0.717, 1.165) is 19.0 Å². The van der Waals surface area contributed by atoms with Gasteiger partial charge in [0.2, 0.25) is 0 Å². The third kappa shape index (κ3) is 6.17. The molecule has 0 saturated carbocycles. The molecule has 0 aromatic rings. The van der Waals surface area contributed by atoms with Gasteiger partial charge in [0, 0.05) is 12.6 Å². The maximum Gasteiger partial charge on any atom is 0.0900 e. The van der Waals surface area contributed by atoms with Crippen LogP contribution in [0.1, 0.15) is 53.9 Å². The molecule has 108 valence electrons. The highest BCUT2D eigenvalue weighted by Gasteiger charge is 2.27. The zero-order valence-electron chi connectivity index (χ0n) is 12.8. The molecule has 0 aromatic carbocycles. The zero-order chi connectivity index (χ0) is 13.8. The van der Waals surface area contributed by atoms with Crippen LogP contribution in [0.15, 0.2) is 0 Å². The first-order valence-corrected chi connectivity index (χ1v) is 7.34. The zero-order valence-corrected chi connectivity index (χ0v) is 12.8. The van der Waals surface area contributed by atoms with Crippen LogP contribution in [-0.2, 0) is 4.74 Å². The van der Waals surface area contributed by atoms with E-state index in [-0.39, 0.29) is 11.7 Å². The van der Waals surface area contributed by atoms with Crippen molar-refractivity contribution in [3.05, 3.63) is 0 Å². The normalized spacial score (nSPS) is 23.8. The Morgan fingerprint density at radius 2 is 2.00 bits per heavy atom. The van der Waals surface area contributed by atoms with Crippen LogP contribution >= 0.6 is 0 Å². The highest BCUT2D eigenvalue weighted by atomic mass is 16.5. The SMILES string of the molecule is CC(C)CC1CCCN1CC(O)COC(C)(C)C. The van der Waals surface area contributed by atoms with E-state index < -0.39 is 0 Å². The standard InChI is InChI=1S/C15H31NO2/c1-12(2)9-13-7-6-8-16(13)10-14(17)11-18-15(3,4)5/h12-14,17H,6-11H2,1-5H3. The summed E-state index contributed by atoms with van der Waals surface area (Å²) < 4.78 is 5.64. The minimum Gasteiger partial charge on any atom is -0.389 e. The summed E-state index contributed by atoms with van der Waals surface area (Å²) >= 11 is 0. The van der Waals surface area contributed by atoms with E-state index in [1.165, 1.54) is 19.3 Å². The summed E-state index contributed by atoms with van der Waals surface area (Å²) in [4.78, 5) is 2.44. The number of hydrogen-bond acceptors (Lipinski definition) is 3. The van der Waals surface area contributed by atoms with Gasteiger partial charge in [-0.3, -0.25) is 4.90 Å². The summed E-state index contributed by atoms with van der Waals surface area (Å²) in [6, 6.07) is 0.661. The van der Waals surface area contributed by atoms with Crippen molar-refractivity contribution >= 4 is 0 Å². The molecule has 0 radical (unpaired) electrons. The molecule has 3 heteroatoms. The highest BCUT2D eigenvalue weighted by Crippen LogP contribution is 2.23. The summed E-state index contributed by atoms with van der Waals surface area (Å²) in [5.41, 5.74) is -0.163. The molecule has 0 bridgehead atoms. The van der Waals surface area contributed by atoms with Crippen molar-refractivity contribution in [2.75, 3.05) is 19.7 Å². The molecular formula is C15H31NO2. The summed E-state index contributed by atoms with van der Waals surface area (Å²) in [5, 5.41) is 10.1. The van der Waals surface area contributed by atoms with Crippen LogP contribution in [-0.4, -0.2) is 47.4 Å². The lowest BCUT2D eigenvalue weighted by molar-refractivity contribution is -0.0572. The molecule has 1 aliphatic heterocycles. The molecule has 1 fully saturated rings. The molecular weight excluding hydrogens is 226 g/mol. The first-order chi connectivity index (χ1) is 8.28. The number of aliphatic hydroxyl groups is 1. The van der Waals surface area contributed by atoms with Gasteiger partial charge >= 0.3 is 0 Å². The number of aliphatic hydroxyl groups excluding tert-OH is 1. The Balaban J connectivity index is 2.31. The predicted molar refractivity (Wildman–Crippen MR) is 75.8 cm³/mol. The van der Waals surface area contributed by atoms with Crippen LogP contribution in [0, 0.1) is 5.92 Å². The maximum absolute atomic E-state index is 10.1. The van der Waals surface area contributed by atoms with Crippen molar-refractivity contribution < 1.29 is 9.84 Å². The Labute approximate surface area is 113 Å². The fraction of sp³-hybridized carbons (Fsp3) is 1.00. The summed E-state index contributed by atoms with van der Waals surface area (Å²) in [6.45, 7) is 12.9. The van der Waals surface area contributed by atoms with Gasteiger partial charge < -0.3 is 9.84 Å². The Hall–Kier alpha value is -0.120. The van der Waals surface area contributed by atoms with Gasteiger partial charge in [0.05, 0.1) is 18.3 Å². The predicted octanol–water partition coefficient (Wildman–Crippen LogP) is 2.67. The van der Waals surface area contributed by atoms with Crippen molar-refractivity contribution in [3.63, 3.8) is 0 Å². The van der Waals surface area contributed by atoms with Gasteiger partial charge in [-0.15, -0.1) is 0 Å². The monoisotopic (exact) mass is 257 g/mol. The lowest BCUT2D eigenvalue weighted by Crippen LogP contribution is -2.39. The van der Waals surface area contributed by atoms with Crippen molar-refractivity contribution in [1.29, 1.82) is 0 Å². The minimum absolute atomic E-state index is 0.163. The van der Waals surface area contributed by atoms with Gasteiger partial charge in [0.1, 0.15) is 0 Å². The van der Waals surface area contributed by atoms with E-state index in [9.17, 15) is 5.11 Å². The molecule has 18 heavy (non-hydrogen) atoms. The smallest absolute Gasteiger partial charge is 0.0900 e. The quantitative estimate of drug-likeness (QED) is 0.794. The summed E-state index contributed by atoms with van der Waals surface area (Å²) in [7, 11) is 0. The van der Waals surface area contributed by atoms with Crippen LogP contribution in [0.3, 0.4) is 0 Å². The Kier molecular flexibility index (Phi) is 6.09. The van der Waals surface area contributed by atoms with Crippen molar-refractivity contribution in [1.82, 2.24) is 4.90 Å². The number of nitrogens with zero attached hydrogens (tertiary/aromatic N) is 1. The van der Waals surface area contributed by atoms with Crippen LogP contribution < -0.4 is 0 Å². The lowest BCUT2D eigenvalue weighted by atomic mass is 10.0. The number of rotatable bonds is 6. The Morgan fingerprint density at radius 3 is 2.56 bits per heavy atom. The second-order valence-electron chi connectivity index (χ2n) is 7.00. The third-order valence-electron chi connectivity index (χ3n) is 3.40. The fourth-order valence-electron chi connectivity index (χ4n) is 2.62. The molecule has 0 aromatic heterocycles. The first kappa shape index (κ1) is 15.9. The van der Waals surface area contributed by atoms with Crippen molar-refractivity contribution in [2.45, 2.75) is 71.6 Å². The molecule has 2 unspecified atom stereocenters. The van der Waals surface area contributed by atoms with Crippen LogP contribution in [0.2, 0.25) is 0 Å². The highest BCUT2D eigenvalue weighted by molar-refractivity contribution is 4.81. The molecule has 1 N–H and O–H groups in total. The molecule has 1 aliphatic rings. The molecule has 0 aliphatic carbocycles. The van der Waals surface area contributed by atoms with Gasteiger partial charge in [-0.25, -0.2) is 0 Å². The minimum atomic E-state index is -0.364. The van der Waals surface area contributed by atoms with Crippen LogP contribution in [0.5, 0.6) is 0 Å². The van der Waals surface area contributed by atoms with Crippen LogP contribution in [0.4, 0.5) is 0 Å². The van der Waals surface area contributed by atoms with Crippen LogP contribution in [0.25, 0.3) is 0 Å². The fourth-order valence-corrected chi connectivity index (χ4v) is 2.62. The van der Waals surface area contributed by atoms with Crippen molar-refractivity contribution in [2.24, 2.45) is 5.92 Å². The second-order valence-corrected chi connectivity index (χ2v) is 7.00. The average molecular weight is 257 g/mol. The van der Waals surface area contributed by atoms with E-state index >= 15 is 0 Å². The largest absolute Gasteiger partial charge is 0.389 e. The van der Waals surface area contributed by atoms with E-state index in [0.29, 0.717) is 12.6 Å². The maximum atomic E-state index is 10.1. The molecule has 1 heterocycles. The molecule has 1 saturated heterocycles. The van der Waals surface area contributed by atoms with E-state index in [1.807, 2.05) is 20.8 Å². The van der Waals surface area contributed by atoms with Gasteiger partial charge in [-0.05, 0) is 52.5 Å². The van der Waals surface area contributed by atoms with Gasteiger partial charge in [-0.2, -0.15) is 0 Å². The van der Waals surface area contributed by atoms with E-state index in [4.69, 9.17) is 4.74 Å². The topological polar surface area (TPSA) is 32.7 Å². The number of likely N-dealkylation sites (tertiary alicyclic amines) is 1. The second kappa shape index (κ2) is 6.88. The van der Waals surface area contributed by atoms with E-state index in [1.54, 1.807) is 0 Å². The summed E-state index contributed by atoms with van der Waals surface area (Å²) in [5.74, 6) is 0.735. The lowest BCUT2D eigenvalue weighted by Gasteiger charge is -2.29. The van der Waals surface area contributed by atoms with E-state index in [2.05, 4.69) is 18.7 Å². The van der Waals surface area contributed by atoms with Gasteiger partial charge in [0.25, 0.3) is 0 Å². The van der Waals surface area contributed by atoms with Gasteiger partial charge in [-0.1, -0.05) is 13.8 Å². The first-order valence-electron chi connectivity index (χ1n) is 7.34. The van der Waals surface area contributed by atoms with Gasteiger partial charge in [0.15, 0.2) is 0 Å². The average Bonchev–Trinajstić information content (AvgIpc) is 2.61. The number of hydrogen-bond donors (Lipinski definition) is 1. The molecule has 0 amide bonds. The summed E-state index contributed by atoms with van der Waals surface area (Å²) in [6.07, 6.45) is 3.43. The molecule has 0 spiro atoms. The molecule has 1 rings (SSSR count). The molecule has 2 atom stereocenters. The number of ether oxygens (including phenoxy) is 1. The Bertz CT molecular complexity index is 235. The van der Waals surface area contributed by atoms with Crippen molar-refractivity contribution in [3.8, 4) is 0 Å². The Morgan fingerprint density at radius 1 is 1.33 bits per heavy atom. The number of β-amino-alcohol motifs (C(OH)–C–C–N with tert-alkyl or cyclic N) is 1.